The first-order valence-corrected chi connectivity index (χ1v) is 10.1. The predicted molar refractivity (Wildman–Crippen MR) is 90.8 cm³/mol. The molecule has 1 saturated carbocycles. The molecule has 1 heterocycles. The Morgan fingerprint density at radius 1 is 1.26 bits per heavy atom. The molecule has 1 aromatic carbocycles. The monoisotopic (exact) mass is 353 g/mol. The van der Waals surface area contributed by atoms with Crippen molar-refractivity contribution in [2.75, 3.05) is 6.54 Å². The van der Waals surface area contributed by atoms with Crippen molar-refractivity contribution in [3.05, 3.63) is 52.0 Å². The fourth-order valence-corrected chi connectivity index (χ4v) is 5.54. The number of sulfonamides is 1. The summed E-state index contributed by atoms with van der Waals surface area (Å²) >= 11 is 1.64. The Kier molecular flexibility index (Phi) is 4.58. The molecule has 3 rings (SSSR count). The molecule has 0 amide bonds. The molecule has 0 saturated heterocycles. The summed E-state index contributed by atoms with van der Waals surface area (Å²) < 4.78 is 41.2. The molecular formula is C17H20FNO2S2. The van der Waals surface area contributed by atoms with Gasteiger partial charge < -0.3 is 0 Å². The Hall–Kier alpha value is -1.24. The third-order valence-corrected chi connectivity index (χ3v) is 6.97. The van der Waals surface area contributed by atoms with Crippen LogP contribution in [0.3, 0.4) is 0 Å². The van der Waals surface area contributed by atoms with Crippen molar-refractivity contribution in [2.24, 2.45) is 0 Å². The zero-order valence-electron chi connectivity index (χ0n) is 13.0. The van der Waals surface area contributed by atoms with Crippen molar-refractivity contribution >= 4 is 21.4 Å². The topological polar surface area (TPSA) is 46.2 Å². The van der Waals surface area contributed by atoms with Crippen LogP contribution in [0.1, 0.15) is 36.8 Å². The van der Waals surface area contributed by atoms with Crippen molar-refractivity contribution in [3.8, 4) is 0 Å². The summed E-state index contributed by atoms with van der Waals surface area (Å²) in [6, 6.07) is 5.86. The Bertz CT molecular complexity index is 779. The third-order valence-electron chi connectivity index (χ3n) is 4.72. The predicted octanol–water partition coefficient (Wildman–Crippen LogP) is 3.99. The summed E-state index contributed by atoms with van der Waals surface area (Å²) in [6.07, 6.45) is 4.23. The second-order valence-electron chi connectivity index (χ2n) is 6.23. The van der Waals surface area contributed by atoms with Gasteiger partial charge in [-0.3, -0.25) is 0 Å². The quantitative estimate of drug-likeness (QED) is 0.883. The van der Waals surface area contributed by atoms with E-state index < -0.39 is 15.8 Å². The van der Waals surface area contributed by atoms with Crippen LogP contribution in [0.15, 0.2) is 39.9 Å². The molecule has 3 nitrogen and oxygen atoms in total. The normalized spacial score (nSPS) is 17.5. The Labute approximate surface area is 140 Å². The third kappa shape index (κ3) is 3.34. The molecule has 0 atom stereocenters. The van der Waals surface area contributed by atoms with Crippen molar-refractivity contribution in [1.82, 2.24) is 4.72 Å². The number of nitrogens with one attached hydrogen (secondary N) is 1. The van der Waals surface area contributed by atoms with Gasteiger partial charge in [0.25, 0.3) is 0 Å². The minimum atomic E-state index is -3.64. The largest absolute Gasteiger partial charge is 0.240 e. The van der Waals surface area contributed by atoms with Crippen LogP contribution in [-0.2, 0) is 15.4 Å². The van der Waals surface area contributed by atoms with Gasteiger partial charge in [-0.2, -0.15) is 11.3 Å². The lowest BCUT2D eigenvalue weighted by Crippen LogP contribution is -2.38. The van der Waals surface area contributed by atoms with E-state index in [1.54, 1.807) is 18.3 Å². The van der Waals surface area contributed by atoms with E-state index in [0.29, 0.717) is 12.1 Å². The Morgan fingerprint density at radius 3 is 2.61 bits per heavy atom. The van der Waals surface area contributed by atoms with Crippen LogP contribution in [0, 0.1) is 12.7 Å². The molecule has 0 radical (unpaired) electrons. The van der Waals surface area contributed by atoms with Gasteiger partial charge in [0.2, 0.25) is 10.0 Å². The molecule has 6 heteroatoms. The maximum Gasteiger partial charge on any atom is 0.240 e. The molecule has 2 aromatic rings. The summed E-state index contributed by atoms with van der Waals surface area (Å²) in [5.41, 5.74) is 1.54. The van der Waals surface area contributed by atoms with Gasteiger partial charge in [0, 0.05) is 12.0 Å². The fraction of sp³-hybridized carbons (Fsp3) is 0.412. The first-order valence-electron chi connectivity index (χ1n) is 7.71. The molecule has 1 aliphatic carbocycles. The van der Waals surface area contributed by atoms with E-state index in [-0.39, 0.29) is 10.3 Å². The highest BCUT2D eigenvalue weighted by Crippen LogP contribution is 2.41. The molecule has 23 heavy (non-hydrogen) atoms. The Morgan fingerprint density at radius 2 is 2.00 bits per heavy atom. The molecule has 1 aliphatic rings. The van der Waals surface area contributed by atoms with E-state index in [4.69, 9.17) is 0 Å². The maximum absolute atomic E-state index is 13.2. The van der Waals surface area contributed by atoms with Gasteiger partial charge in [-0.05, 0) is 65.9 Å². The van der Waals surface area contributed by atoms with Gasteiger partial charge in [0.1, 0.15) is 5.82 Å². The van der Waals surface area contributed by atoms with Gasteiger partial charge in [-0.1, -0.05) is 12.8 Å². The summed E-state index contributed by atoms with van der Waals surface area (Å²) in [6.45, 7) is 2.00. The molecule has 1 N–H and O–H groups in total. The van der Waals surface area contributed by atoms with E-state index in [0.717, 1.165) is 25.7 Å². The average Bonchev–Trinajstić information content (AvgIpc) is 3.17. The lowest BCUT2D eigenvalue weighted by molar-refractivity contribution is 0.433. The van der Waals surface area contributed by atoms with Crippen molar-refractivity contribution in [1.29, 1.82) is 0 Å². The number of benzene rings is 1. The van der Waals surface area contributed by atoms with Gasteiger partial charge in [-0.25, -0.2) is 17.5 Å². The summed E-state index contributed by atoms with van der Waals surface area (Å²) in [5, 5.41) is 4.15. The van der Waals surface area contributed by atoms with Gasteiger partial charge in [0.05, 0.1) is 4.90 Å². The lowest BCUT2D eigenvalue weighted by atomic mass is 9.81. The standard InChI is InChI=1S/C17H20FNO2S2/c1-13-10-15(18)4-5-16(13)23(20,21)19-12-17(7-2-3-8-17)14-6-9-22-11-14/h4-6,9-11,19H,2-3,7-8,12H2,1H3. The van der Waals surface area contributed by atoms with Gasteiger partial charge >= 0.3 is 0 Å². The number of hydrogen-bond acceptors (Lipinski definition) is 3. The minimum Gasteiger partial charge on any atom is -0.210 e. The molecule has 0 unspecified atom stereocenters. The highest BCUT2D eigenvalue weighted by Gasteiger charge is 2.37. The van der Waals surface area contributed by atoms with Crippen LogP contribution in [0.4, 0.5) is 4.39 Å². The Balaban J connectivity index is 1.83. The van der Waals surface area contributed by atoms with Crippen molar-refractivity contribution in [2.45, 2.75) is 42.9 Å². The van der Waals surface area contributed by atoms with Crippen molar-refractivity contribution in [3.63, 3.8) is 0 Å². The van der Waals surface area contributed by atoms with Crippen LogP contribution < -0.4 is 4.72 Å². The van der Waals surface area contributed by atoms with Crippen LogP contribution in [-0.4, -0.2) is 15.0 Å². The first kappa shape index (κ1) is 16.6. The second-order valence-corrected chi connectivity index (χ2v) is 8.75. The smallest absolute Gasteiger partial charge is 0.210 e. The number of aryl methyl sites for hydroxylation is 1. The molecule has 0 spiro atoms. The van der Waals surface area contributed by atoms with E-state index in [9.17, 15) is 12.8 Å². The fourth-order valence-electron chi connectivity index (χ4n) is 3.41. The average molecular weight is 353 g/mol. The maximum atomic E-state index is 13.2. The number of rotatable bonds is 5. The zero-order valence-corrected chi connectivity index (χ0v) is 14.6. The lowest BCUT2D eigenvalue weighted by Gasteiger charge is -2.28. The minimum absolute atomic E-state index is 0.110. The highest BCUT2D eigenvalue weighted by molar-refractivity contribution is 7.89. The van der Waals surface area contributed by atoms with Crippen molar-refractivity contribution < 1.29 is 12.8 Å². The van der Waals surface area contributed by atoms with E-state index in [2.05, 4.69) is 16.2 Å². The summed E-state index contributed by atoms with van der Waals surface area (Å²) in [4.78, 5) is 0.150. The summed E-state index contributed by atoms with van der Waals surface area (Å²) in [7, 11) is -3.64. The van der Waals surface area contributed by atoms with Crippen LogP contribution in [0.25, 0.3) is 0 Å². The zero-order chi connectivity index (χ0) is 16.5. The number of halogens is 1. The SMILES string of the molecule is Cc1cc(F)ccc1S(=O)(=O)NCC1(c2ccsc2)CCCC1. The van der Waals surface area contributed by atoms with Gasteiger partial charge in [-0.15, -0.1) is 0 Å². The van der Waals surface area contributed by atoms with Crippen LogP contribution in [0.5, 0.6) is 0 Å². The second kappa shape index (κ2) is 6.34. The van der Waals surface area contributed by atoms with E-state index >= 15 is 0 Å². The number of thiophene rings is 1. The van der Waals surface area contributed by atoms with Crippen LogP contribution in [0.2, 0.25) is 0 Å². The molecule has 1 aromatic heterocycles. The highest BCUT2D eigenvalue weighted by atomic mass is 32.2. The molecule has 0 bridgehead atoms. The van der Waals surface area contributed by atoms with E-state index in [1.807, 2.05) is 5.38 Å². The first-order chi connectivity index (χ1) is 10.9. The molecule has 0 aliphatic heterocycles. The van der Waals surface area contributed by atoms with Crippen LogP contribution >= 0.6 is 11.3 Å². The number of hydrogen-bond donors (Lipinski definition) is 1. The molecular weight excluding hydrogens is 333 g/mol. The van der Waals surface area contributed by atoms with E-state index in [1.165, 1.54) is 23.8 Å². The van der Waals surface area contributed by atoms with Gasteiger partial charge in [0.15, 0.2) is 0 Å². The summed E-state index contributed by atoms with van der Waals surface area (Å²) in [5.74, 6) is -0.424. The molecule has 124 valence electrons. The molecule has 1 fully saturated rings.